The van der Waals surface area contributed by atoms with Crippen LogP contribution in [0.25, 0.3) is 0 Å². The van der Waals surface area contributed by atoms with Crippen LogP contribution in [-0.2, 0) is 0 Å². The molecule has 1 unspecified atom stereocenters. The second-order valence-corrected chi connectivity index (χ2v) is 5.49. The first-order chi connectivity index (χ1) is 10.1. The molecule has 1 atom stereocenters. The van der Waals surface area contributed by atoms with Crippen LogP contribution in [-0.4, -0.2) is 37.4 Å². The maximum atomic E-state index is 12.6. The van der Waals surface area contributed by atoms with E-state index in [4.69, 9.17) is 16.3 Å². The van der Waals surface area contributed by atoms with Crippen LogP contribution in [0.15, 0.2) is 54.6 Å². The van der Waals surface area contributed by atoms with E-state index < -0.39 is 6.10 Å². The first kappa shape index (κ1) is 18.5. The van der Waals surface area contributed by atoms with Crippen molar-refractivity contribution in [3.63, 3.8) is 0 Å². The van der Waals surface area contributed by atoms with Crippen LogP contribution in [0.1, 0.15) is 10.4 Å². The van der Waals surface area contributed by atoms with Crippen molar-refractivity contribution in [3.05, 3.63) is 65.2 Å². The Labute approximate surface area is 142 Å². The minimum atomic E-state index is -0.552. The van der Waals surface area contributed by atoms with Gasteiger partial charge in [0.05, 0.1) is 0 Å². The van der Waals surface area contributed by atoms with Crippen LogP contribution in [0.2, 0.25) is 5.02 Å². The number of ether oxygens (including phenoxy) is 1. The zero-order chi connectivity index (χ0) is 15.2. The molecule has 0 spiro atoms. The molecule has 0 N–H and O–H groups in total. The van der Waals surface area contributed by atoms with E-state index in [1.165, 1.54) is 0 Å². The summed E-state index contributed by atoms with van der Waals surface area (Å²) in [5, 5.41) is 0.640. The third-order valence-electron chi connectivity index (χ3n) is 2.97. The fourth-order valence-corrected chi connectivity index (χ4v) is 2.10. The Morgan fingerprint density at radius 3 is 2.23 bits per heavy atom. The monoisotopic (exact) mass is 339 g/mol. The lowest BCUT2D eigenvalue weighted by Crippen LogP contribution is -2.37. The molecular formula is C17H19Cl2NO2. The number of benzene rings is 2. The second-order valence-electron chi connectivity index (χ2n) is 5.05. The van der Waals surface area contributed by atoms with Gasteiger partial charge in [0.15, 0.2) is 6.10 Å². The second kappa shape index (κ2) is 8.79. The molecule has 0 amide bonds. The summed E-state index contributed by atoms with van der Waals surface area (Å²) >= 11 is 5.86. The third kappa shape index (κ3) is 5.34. The van der Waals surface area contributed by atoms with Crippen molar-refractivity contribution in [2.45, 2.75) is 6.10 Å². The summed E-state index contributed by atoms with van der Waals surface area (Å²) in [7, 11) is 3.83. The van der Waals surface area contributed by atoms with Gasteiger partial charge in [0.1, 0.15) is 5.75 Å². The van der Waals surface area contributed by atoms with Crippen molar-refractivity contribution in [1.29, 1.82) is 0 Å². The normalized spacial score (nSPS) is 11.6. The van der Waals surface area contributed by atoms with Crippen molar-refractivity contribution in [2.75, 3.05) is 20.6 Å². The molecule has 0 fully saturated rings. The van der Waals surface area contributed by atoms with Crippen LogP contribution in [0.5, 0.6) is 5.75 Å². The fourth-order valence-electron chi connectivity index (χ4n) is 1.97. The Kier molecular flexibility index (Phi) is 7.39. The summed E-state index contributed by atoms with van der Waals surface area (Å²) in [5.74, 6) is 0.606. The van der Waals surface area contributed by atoms with E-state index in [-0.39, 0.29) is 18.2 Å². The van der Waals surface area contributed by atoms with Crippen molar-refractivity contribution in [2.24, 2.45) is 0 Å². The molecule has 0 aliphatic rings. The highest BCUT2D eigenvalue weighted by molar-refractivity contribution is 6.30. The Bertz CT molecular complexity index is 585. The molecule has 0 heterocycles. The first-order valence-corrected chi connectivity index (χ1v) is 7.10. The van der Waals surface area contributed by atoms with Crippen molar-refractivity contribution in [1.82, 2.24) is 4.90 Å². The van der Waals surface area contributed by atoms with Crippen LogP contribution in [0, 0.1) is 0 Å². The number of Topliss-reactive ketones (excluding diaryl/α,β-unsaturated/α-hetero) is 1. The number of rotatable bonds is 6. The van der Waals surface area contributed by atoms with Crippen molar-refractivity contribution < 1.29 is 9.53 Å². The zero-order valence-electron chi connectivity index (χ0n) is 12.5. The lowest BCUT2D eigenvalue weighted by atomic mass is 10.1. The molecule has 2 aromatic rings. The number of nitrogens with zero attached hydrogens (tertiary/aromatic N) is 1. The fraction of sp³-hybridized carbons (Fsp3) is 0.235. The molecule has 3 nitrogen and oxygen atoms in total. The molecule has 5 heteroatoms. The van der Waals surface area contributed by atoms with E-state index >= 15 is 0 Å². The van der Waals surface area contributed by atoms with Gasteiger partial charge in [-0.25, -0.2) is 0 Å². The van der Waals surface area contributed by atoms with Gasteiger partial charge in [-0.2, -0.15) is 0 Å². The lowest BCUT2D eigenvalue weighted by molar-refractivity contribution is 0.0744. The van der Waals surface area contributed by atoms with E-state index in [9.17, 15) is 4.79 Å². The van der Waals surface area contributed by atoms with Gasteiger partial charge in [-0.15, -0.1) is 12.4 Å². The smallest absolute Gasteiger partial charge is 0.204 e. The van der Waals surface area contributed by atoms with Gasteiger partial charge in [-0.3, -0.25) is 4.79 Å². The van der Waals surface area contributed by atoms with Crippen LogP contribution >= 0.6 is 24.0 Å². The van der Waals surface area contributed by atoms with Gasteiger partial charge in [-0.05, 0) is 38.4 Å². The van der Waals surface area contributed by atoms with E-state index in [0.29, 0.717) is 22.9 Å². The highest BCUT2D eigenvalue weighted by Gasteiger charge is 2.22. The molecule has 22 heavy (non-hydrogen) atoms. The van der Waals surface area contributed by atoms with E-state index in [1.807, 2.05) is 37.2 Å². The molecule has 0 radical (unpaired) electrons. The number of ketones is 1. The third-order valence-corrected chi connectivity index (χ3v) is 3.23. The summed E-state index contributed by atoms with van der Waals surface area (Å²) < 4.78 is 5.85. The van der Waals surface area contributed by atoms with Gasteiger partial charge < -0.3 is 9.64 Å². The summed E-state index contributed by atoms with van der Waals surface area (Å²) in [6, 6.07) is 16.2. The van der Waals surface area contributed by atoms with Crippen LogP contribution in [0.4, 0.5) is 0 Å². The molecule has 0 aromatic heterocycles. The Morgan fingerprint density at radius 2 is 1.68 bits per heavy atom. The molecule has 2 rings (SSSR count). The number of hydrogen-bond acceptors (Lipinski definition) is 3. The average Bonchev–Trinajstić information content (AvgIpc) is 2.48. The van der Waals surface area contributed by atoms with Gasteiger partial charge >= 0.3 is 0 Å². The summed E-state index contributed by atoms with van der Waals surface area (Å²) in [5.41, 5.74) is 0.651. The molecule has 0 saturated carbocycles. The SMILES string of the molecule is CN(C)CC(Oc1ccc(Cl)cc1)C(=O)c1ccccc1.Cl. The highest BCUT2D eigenvalue weighted by Crippen LogP contribution is 2.18. The topological polar surface area (TPSA) is 29.5 Å². The van der Waals surface area contributed by atoms with Crippen molar-refractivity contribution in [3.8, 4) is 5.75 Å². The Morgan fingerprint density at radius 1 is 1.09 bits per heavy atom. The standard InChI is InChI=1S/C17H18ClNO2.ClH/c1-19(2)12-16(17(20)13-6-4-3-5-7-13)21-15-10-8-14(18)9-11-15;/h3-11,16H,12H2,1-2H3;1H. The molecule has 0 aliphatic carbocycles. The molecule has 0 saturated heterocycles. The quantitative estimate of drug-likeness (QED) is 0.746. The summed E-state index contributed by atoms with van der Waals surface area (Å²) in [6.45, 7) is 0.510. The summed E-state index contributed by atoms with van der Waals surface area (Å²) in [4.78, 5) is 14.5. The first-order valence-electron chi connectivity index (χ1n) is 6.72. The predicted octanol–water partition coefficient (Wildman–Crippen LogP) is 3.95. The number of carbonyl (C=O) groups is 1. The Hall–Kier alpha value is -1.55. The van der Waals surface area contributed by atoms with Crippen LogP contribution < -0.4 is 4.74 Å². The van der Waals surface area contributed by atoms with Gasteiger partial charge in [0.25, 0.3) is 0 Å². The van der Waals surface area contributed by atoms with Gasteiger partial charge in [-0.1, -0.05) is 41.9 Å². The Balaban J connectivity index is 0.00000242. The van der Waals surface area contributed by atoms with E-state index in [1.54, 1.807) is 36.4 Å². The number of carbonyl (C=O) groups excluding carboxylic acids is 1. The van der Waals surface area contributed by atoms with Gasteiger partial charge in [0.2, 0.25) is 5.78 Å². The zero-order valence-corrected chi connectivity index (χ0v) is 14.1. The number of likely N-dealkylation sites (N-methyl/N-ethyl adjacent to an activating group) is 1. The van der Waals surface area contributed by atoms with E-state index in [2.05, 4.69) is 0 Å². The van der Waals surface area contributed by atoms with Gasteiger partial charge in [0, 0.05) is 17.1 Å². The highest BCUT2D eigenvalue weighted by atomic mass is 35.5. The maximum Gasteiger partial charge on any atom is 0.204 e. The predicted molar refractivity (Wildman–Crippen MR) is 92.4 cm³/mol. The lowest BCUT2D eigenvalue weighted by Gasteiger charge is -2.21. The number of hydrogen-bond donors (Lipinski definition) is 0. The number of halogens is 2. The maximum absolute atomic E-state index is 12.6. The minimum absolute atomic E-state index is 0. The average molecular weight is 340 g/mol. The minimum Gasteiger partial charge on any atom is -0.481 e. The molecule has 118 valence electrons. The summed E-state index contributed by atoms with van der Waals surface area (Å²) in [6.07, 6.45) is -0.552. The molecular weight excluding hydrogens is 321 g/mol. The van der Waals surface area contributed by atoms with E-state index in [0.717, 1.165) is 0 Å². The molecule has 2 aromatic carbocycles. The molecule has 0 aliphatic heterocycles. The largest absolute Gasteiger partial charge is 0.481 e. The molecule has 0 bridgehead atoms. The van der Waals surface area contributed by atoms with Crippen molar-refractivity contribution >= 4 is 29.8 Å². The van der Waals surface area contributed by atoms with Crippen LogP contribution in [0.3, 0.4) is 0 Å².